The molecule has 5 nitrogen and oxygen atoms in total. The van der Waals surface area contributed by atoms with Crippen LogP contribution in [0.3, 0.4) is 0 Å². The smallest absolute Gasteiger partial charge is 0.141 e. The summed E-state index contributed by atoms with van der Waals surface area (Å²) in [5.74, 6) is 0. The first-order chi connectivity index (χ1) is 6.90. The van der Waals surface area contributed by atoms with Crippen LogP contribution in [-0.4, -0.2) is 26.0 Å². The Morgan fingerprint density at radius 3 is 3.00 bits per heavy atom. The van der Waals surface area contributed by atoms with Gasteiger partial charge < -0.3 is 4.79 Å². The van der Waals surface area contributed by atoms with Crippen LogP contribution in [-0.2, 0) is 11.3 Å². The van der Waals surface area contributed by atoms with E-state index in [1.54, 1.807) is 35.5 Å². The van der Waals surface area contributed by atoms with Crippen molar-refractivity contribution in [2.24, 2.45) is 0 Å². The molecule has 2 aromatic rings. The lowest BCUT2D eigenvalue weighted by molar-refractivity contribution is -0.108. The second-order valence-electron chi connectivity index (χ2n) is 2.68. The summed E-state index contributed by atoms with van der Waals surface area (Å²) in [7, 11) is 0. The van der Waals surface area contributed by atoms with Gasteiger partial charge in [-0.1, -0.05) is 0 Å². The van der Waals surface area contributed by atoms with Crippen LogP contribution in [0.1, 0.15) is 0 Å². The molecule has 0 N–H and O–H groups in total. The van der Waals surface area contributed by atoms with E-state index in [1.165, 1.54) is 0 Å². The zero-order chi connectivity index (χ0) is 9.80. The molecule has 0 radical (unpaired) electrons. The van der Waals surface area contributed by atoms with Crippen LogP contribution >= 0.6 is 0 Å². The third kappa shape index (κ3) is 1.66. The molecule has 14 heavy (non-hydrogen) atoms. The topological polar surface area (TPSA) is 60.7 Å². The average Bonchev–Trinajstić information content (AvgIpc) is 2.68. The number of aldehydes is 1. The van der Waals surface area contributed by atoms with E-state index >= 15 is 0 Å². The van der Waals surface area contributed by atoms with E-state index in [2.05, 4.69) is 15.1 Å². The zero-order valence-corrected chi connectivity index (χ0v) is 7.37. The summed E-state index contributed by atoms with van der Waals surface area (Å²) in [5, 5.41) is 4.15. The molecule has 70 valence electrons. The minimum absolute atomic E-state index is 0.264. The van der Waals surface area contributed by atoms with Gasteiger partial charge in [-0.3, -0.25) is 14.6 Å². The predicted octanol–water partition coefficient (Wildman–Crippen LogP) is 0.539. The van der Waals surface area contributed by atoms with E-state index in [0.717, 1.165) is 12.0 Å². The summed E-state index contributed by atoms with van der Waals surface area (Å²) >= 11 is 0. The maximum absolute atomic E-state index is 10.2. The third-order valence-electron chi connectivity index (χ3n) is 1.73. The van der Waals surface area contributed by atoms with E-state index in [9.17, 15) is 4.79 Å². The largest absolute Gasteiger partial charge is 0.301 e. The fourth-order valence-corrected chi connectivity index (χ4v) is 1.11. The van der Waals surface area contributed by atoms with Gasteiger partial charge in [-0.15, -0.1) is 0 Å². The Balaban J connectivity index is 2.29. The van der Waals surface area contributed by atoms with Crippen molar-refractivity contribution in [2.45, 2.75) is 6.54 Å². The van der Waals surface area contributed by atoms with Gasteiger partial charge in [0, 0.05) is 18.6 Å². The molecule has 0 spiro atoms. The molecule has 0 aromatic carbocycles. The number of carbonyl (C=O) groups excluding carboxylic acids is 1. The Morgan fingerprint density at radius 1 is 1.36 bits per heavy atom. The van der Waals surface area contributed by atoms with Gasteiger partial charge in [-0.25, -0.2) is 0 Å². The first-order valence-electron chi connectivity index (χ1n) is 4.13. The quantitative estimate of drug-likeness (QED) is 0.659. The van der Waals surface area contributed by atoms with E-state index in [4.69, 9.17) is 0 Å². The predicted molar refractivity (Wildman–Crippen MR) is 49.3 cm³/mol. The number of aromatic nitrogens is 4. The van der Waals surface area contributed by atoms with Crippen LogP contribution in [0.4, 0.5) is 0 Å². The SMILES string of the molecule is O=CCn1ccc(-c2cnccn2)n1. The minimum atomic E-state index is 0.264. The highest BCUT2D eigenvalue weighted by Crippen LogP contribution is 2.11. The molecule has 0 aliphatic rings. The molecule has 2 rings (SSSR count). The molecule has 0 atom stereocenters. The third-order valence-corrected chi connectivity index (χ3v) is 1.73. The number of rotatable bonds is 3. The van der Waals surface area contributed by atoms with Gasteiger partial charge in [0.05, 0.1) is 12.7 Å². The van der Waals surface area contributed by atoms with Crippen LogP contribution in [0.5, 0.6) is 0 Å². The lowest BCUT2D eigenvalue weighted by Crippen LogP contribution is -1.99. The summed E-state index contributed by atoms with van der Waals surface area (Å²) < 4.78 is 1.55. The number of carbonyl (C=O) groups is 1. The lowest BCUT2D eigenvalue weighted by Gasteiger charge is -1.93. The zero-order valence-electron chi connectivity index (χ0n) is 7.37. The molecule has 0 saturated carbocycles. The number of nitrogens with zero attached hydrogens (tertiary/aromatic N) is 4. The second kappa shape index (κ2) is 3.78. The highest BCUT2D eigenvalue weighted by Gasteiger charge is 2.02. The lowest BCUT2D eigenvalue weighted by atomic mass is 10.3. The Labute approximate surface area is 80.4 Å². The van der Waals surface area contributed by atoms with Crippen LogP contribution < -0.4 is 0 Å². The van der Waals surface area contributed by atoms with Crippen LogP contribution in [0, 0.1) is 0 Å². The molecule has 0 bridgehead atoms. The molecule has 2 aromatic heterocycles. The number of hydrogen-bond donors (Lipinski definition) is 0. The van der Waals surface area contributed by atoms with E-state index in [-0.39, 0.29) is 6.54 Å². The molecular weight excluding hydrogens is 180 g/mol. The van der Waals surface area contributed by atoms with Gasteiger partial charge in [0.25, 0.3) is 0 Å². The number of hydrogen-bond acceptors (Lipinski definition) is 4. The van der Waals surface area contributed by atoms with Crippen LogP contribution in [0.15, 0.2) is 30.9 Å². The monoisotopic (exact) mass is 188 g/mol. The molecule has 5 heteroatoms. The fourth-order valence-electron chi connectivity index (χ4n) is 1.11. The maximum atomic E-state index is 10.2. The minimum Gasteiger partial charge on any atom is -0.301 e. The van der Waals surface area contributed by atoms with Gasteiger partial charge in [-0.05, 0) is 6.07 Å². The molecule has 0 aliphatic heterocycles. The van der Waals surface area contributed by atoms with Crippen molar-refractivity contribution in [2.75, 3.05) is 0 Å². The molecule has 2 heterocycles. The fraction of sp³-hybridized carbons (Fsp3) is 0.111. The van der Waals surface area contributed by atoms with Crippen LogP contribution in [0.2, 0.25) is 0 Å². The normalized spacial score (nSPS) is 10.0. The van der Waals surface area contributed by atoms with Crippen molar-refractivity contribution >= 4 is 6.29 Å². The maximum Gasteiger partial charge on any atom is 0.141 e. The first-order valence-corrected chi connectivity index (χ1v) is 4.13. The molecule has 0 unspecified atom stereocenters. The summed E-state index contributed by atoms with van der Waals surface area (Å²) in [6.07, 6.45) is 7.37. The van der Waals surface area contributed by atoms with Crippen molar-refractivity contribution in [3.63, 3.8) is 0 Å². The van der Waals surface area contributed by atoms with Gasteiger partial charge in [0.2, 0.25) is 0 Å². The van der Waals surface area contributed by atoms with Crippen molar-refractivity contribution in [3.05, 3.63) is 30.9 Å². The van der Waals surface area contributed by atoms with Crippen LogP contribution in [0.25, 0.3) is 11.4 Å². The van der Waals surface area contributed by atoms with Gasteiger partial charge in [0.15, 0.2) is 0 Å². The highest BCUT2D eigenvalue weighted by molar-refractivity contribution is 5.52. The molecule has 0 amide bonds. The first kappa shape index (κ1) is 8.55. The Bertz CT molecular complexity index is 423. The van der Waals surface area contributed by atoms with Gasteiger partial charge in [0.1, 0.15) is 17.7 Å². The van der Waals surface area contributed by atoms with Crippen molar-refractivity contribution in [1.82, 2.24) is 19.7 Å². The Morgan fingerprint density at radius 2 is 2.29 bits per heavy atom. The van der Waals surface area contributed by atoms with Crippen molar-refractivity contribution in [1.29, 1.82) is 0 Å². The summed E-state index contributed by atoms with van der Waals surface area (Å²) in [5.41, 5.74) is 1.43. The van der Waals surface area contributed by atoms with Gasteiger partial charge in [-0.2, -0.15) is 5.10 Å². The van der Waals surface area contributed by atoms with E-state index in [1.807, 2.05) is 0 Å². The van der Waals surface area contributed by atoms with Gasteiger partial charge >= 0.3 is 0 Å². The van der Waals surface area contributed by atoms with E-state index < -0.39 is 0 Å². The summed E-state index contributed by atoms with van der Waals surface area (Å²) in [6, 6.07) is 1.80. The Hall–Kier alpha value is -2.04. The molecular formula is C9H8N4O. The summed E-state index contributed by atoms with van der Waals surface area (Å²) in [4.78, 5) is 18.3. The average molecular weight is 188 g/mol. The molecule has 0 fully saturated rings. The standard InChI is InChI=1S/C9H8N4O/c14-6-5-13-4-1-8(12-13)9-7-10-2-3-11-9/h1-4,6-7H,5H2. The highest BCUT2D eigenvalue weighted by atomic mass is 16.1. The second-order valence-corrected chi connectivity index (χ2v) is 2.68. The summed E-state index contributed by atoms with van der Waals surface area (Å²) in [6.45, 7) is 0.264. The molecule has 0 aliphatic carbocycles. The van der Waals surface area contributed by atoms with Crippen molar-refractivity contribution in [3.8, 4) is 11.4 Å². The van der Waals surface area contributed by atoms with Crippen molar-refractivity contribution < 1.29 is 4.79 Å². The van der Waals surface area contributed by atoms with E-state index in [0.29, 0.717) is 5.69 Å². The Kier molecular flexibility index (Phi) is 2.31. The molecule has 0 saturated heterocycles.